The smallest absolute Gasteiger partial charge is 0.316 e. The first kappa shape index (κ1) is 17.3. The Morgan fingerprint density at radius 2 is 1.81 bits per heavy atom. The number of aliphatic carboxylic acids is 1. The lowest BCUT2D eigenvalue weighted by molar-refractivity contribution is -0.137. The Labute approximate surface area is 149 Å². The maximum Gasteiger partial charge on any atom is 0.316 e. The largest absolute Gasteiger partial charge is 0.481 e. The van der Waals surface area contributed by atoms with Crippen LogP contribution in [0.3, 0.4) is 0 Å². The number of carboxylic acids is 1. The molecule has 7 nitrogen and oxygen atoms in total. The quantitative estimate of drug-likeness (QED) is 0.707. The third kappa shape index (κ3) is 3.94. The van der Waals surface area contributed by atoms with Gasteiger partial charge in [0.05, 0.1) is 12.5 Å². The number of nitrogens with one attached hydrogen (secondary N) is 1. The highest BCUT2D eigenvalue weighted by Crippen LogP contribution is 2.22. The molecule has 0 aliphatic carbocycles. The normalized spacial score (nSPS) is 11.7. The van der Waals surface area contributed by atoms with Crippen molar-refractivity contribution in [3.8, 4) is 11.4 Å². The highest BCUT2D eigenvalue weighted by molar-refractivity contribution is 5.90. The van der Waals surface area contributed by atoms with E-state index >= 15 is 0 Å². The van der Waals surface area contributed by atoms with E-state index in [0.29, 0.717) is 5.82 Å². The number of nitrogens with zero attached hydrogens (tertiary/aromatic N) is 2. The molecule has 7 heteroatoms. The summed E-state index contributed by atoms with van der Waals surface area (Å²) in [6, 6.07) is 15.7. The van der Waals surface area contributed by atoms with E-state index in [9.17, 15) is 9.59 Å². The predicted octanol–water partition coefficient (Wildman–Crippen LogP) is 2.99. The number of hydrogen-bond donors (Lipinski definition) is 2. The van der Waals surface area contributed by atoms with E-state index in [1.807, 2.05) is 37.3 Å². The Hall–Kier alpha value is -3.48. The molecule has 3 aromatic rings. The van der Waals surface area contributed by atoms with E-state index in [1.54, 1.807) is 24.3 Å². The monoisotopic (exact) mass is 351 g/mol. The van der Waals surface area contributed by atoms with Gasteiger partial charge in [0.1, 0.15) is 0 Å². The second-order valence-corrected chi connectivity index (χ2v) is 5.77. The van der Waals surface area contributed by atoms with Crippen LogP contribution in [0.2, 0.25) is 0 Å². The fourth-order valence-corrected chi connectivity index (χ4v) is 2.63. The molecule has 0 saturated heterocycles. The van der Waals surface area contributed by atoms with E-state index in [-0.39, 0.29) is 12.3 Å². The number of hydrogen-bond acceptors (Lipinski definition) is 5. The Bertz CT molecular complexity index is 921. The van der Waals surface area contributed by atoms with Crippen molar-refractivity contribution >= 4 is 11.9 Å². The lowest BCUT2D eigenvalue weighted by Gasteiger charge is -2.18. The first-order valence-electron chi connectivity index (χ1n) is 8.02. The summed E-state index contributed by atoms with van der Waals surface area (Å²) in [4.78, 5) is 27.8. The van der Waals surface area contributed by atoms with Crippen molar-refractivity contribution in [1.82, 2.24) is 15.5 Å². The fourth-order valence-electron chi connectivity index (χ4n) is 2.63. The van der Waals surface area contributed by atoms with E-state index < -0.39 is 17.9 Å². The molecule has 0 unspecified atom stereocenters. The SMILES string of the molecule is Cc1ccccc1[C@H](CC(=O)O)NC(=O)c1nc(-c2ccccc2)no1. The van der Waals surface area contributed by atoms with Crippen molar-refractivity contribution in [2.24, 2.45) is 0 Å². The number of amides is 1. The Morgan fingerprint density at radius 1 is 1.12 bits per heavy atom. The van der Waals surface area contributed by atoms with Crippen LogP contribution < -0.4 is 5.32 Å². The van der Waals surface area contributed by atoms with Crippen molar-refractivity contribution in [1.29, 1.82) is 0 Å². The minimum Gasteiger partial charge on any atom is -0.481 e. The zero-order valence-electron chi connectivity index (χ0n) is 14.0. The molecular formula is C19H17N3O4. The van der Waals surface area contributed by atoms with Gasteiger partial charge in [-0.15, -0.1) is 0 Å². The first-order valence-corrected chi connectivity index (χ1v) is 8.02. The van der Waals surface area contributed by atoms with Gasteiger partial charge < -0.3 is 14.9 Å². The second kappa shape index (κ2) is 7.60. The van der Waals surface area contributed by atoms with Crippen molar-refractivity contribution in [3.63, 3.8) is 0 Å². The Morgan fingerprint density at radius 3 is 2.50 bits per heavy atom. The molecule has 0 saturated carbocycles. The highest BCUT2D eigenvalue weighted by Gasteiger charge is 2.23. The van der Waals surface area contributed by atoms with Crippen LogP contribution in [0.1, 0.15) is 34.3 Å². The summed E-state index contributed by atoms with van der Waals surface area (Å²) >= 11 is 0. The summed E-state index contributed by atoms with van der Waals surface area (Å²) in [5.74, 6) is -1.56. The minimum atomic E-state index is -1.02. The van der Waals surface area contributed by atoms with Crippen LogP contribution in [0.25, 0.3) is 11.4 Å². The zero-order valence-corrected chi connectivity index (χ0v) is 14.0. The molecule has 1 amide bonds. The molecule has 1 aromatic heterocycles. The van der Waals surface area contributed by atoms with Crippen LogP contribution in [0.15, 0.2) is 59.1 Å². The highest BCUT2D eigenvalue weighted by atomic mass is 16.5. The standard InChI is InChI=1S/C19H17N3O4/c1-12-7-5-6-10-14(12)15(11-16(23)24)20-18(25)19-21-17(22-26-19)13-8-3-2-4-9-13/h2-10,15H,11H2,1H3,(H,20,25)(H,23,24)/t15-/m0/s1. The van der Waals surface area contributed by atoms with Crippen LogP contribution in [-0.4, -0.2) is 27.1 Å². The number of carbonyl (C=O) groups is 2. The Balaban J connectivity index is 1.81. The third-order valence-electron chi connectivity index (χ3n) is 3.90. The van der Waals surface area contributed by atoms with E-state index in [4.69, 9.17) is 9.63 Å². The van der Waals surface area contributed by atoms with Gasteiger partial charge in [-0.2, -0.15) is 4.98 Å². The molecule has 0 fully saturated rings. The molecule has 132 valence electrons. The van der Waals surface area contributed by atoms with Gasteiger partial charge in [-0.05, 0) is 18.1 Å². The molecule has 0 radical (unpaired) electrons. The molecule has 1 atom stereocenters. The van der Waals surface area contributed by atoms with Gasteiger partial charge in [0.2, 0.25) is 5.82 Å². The van der Waals surface area contributed by atoms with E-state index in [1.165, 1.54) is 0 Å². The van der Waals surface area contributed by atoms with E-state index in [0.717, 1.165) is 16.7 Å². The summed E-state index contributed by atoms with van der Waals surface area (Å²) in [7, 11) is 0. The molecule has 0 bridgehead atoms. The van der Waals surface area contributed by atoms with E-state index in [2.05, 4.69) is 15.5 Å². The molecule has 0 spiro atoms. The minimum absolute atomic E-state index is 0.215. The second-order valence-electron chi connectivity index (χ2n) is 5.77. The van der Waals surface area contributed by atoms with Gasteiger partial charge >= 0.3 is 17.8 Å². The molecule has 2 aromatic carbocycles. The summed E-state index contributed by atoms with van der Waals surface area (Å²) < 4.78 is 5.03. The molecule has 3 rings (SSSR count). The molecule has 0 aliphatic rings. The van der Waals surface area contributed by atoms with Gasteiger partial charge in [0, 0.05) is 5.56 Å². The average molecular weight is 351 g/mol. The molecule has 2 N–H and O–H groups in total. The van der Waals surface area contributed by atoms with Gasteiger partial charge in [0.15, 0.2) is 0 Å². The topological polar surface area (TPSA) is 105 Å². The van der Waals surface area contributed by atoms with Crippen molar-refractivity contribution in [3.05, 3.63) is 71.6 Å². The predicted molar refractivity (Wildman–Crippen MR) is 93.4 cm³/mol. The molecule has 26 heavy (non-hydrogen) atoms. The van der Waals surface area contributed by atoms with Gasteiger partial charge in [-0.25, -0.2) is 0 Å². The van der Waals surface area contributed by atoms with Gasteiger partial charge in [0.25, 0.3) is 0 Å². The van der Waals surface area contributed by atoms with Gasteiger partial charge in [-0.1, -0.05) is 59.8 Å². The average Bonchev–Trinajstić information content (AvgIpc) is 3.12. The number of rotatable bonds is 6. The fraction of sp³-hybridized carbons (Fsp3) is 0.158. The molecule has 0 aliphatic heterocycles. The Kier molecular flexibility index (Phi) is 5.07. The summed E-state index contributed by atoms with van der Waals surface area (Å²) in [5, 5.41) is 15.6. The number of aromatic nitrogens is 2. The van der Waals surface area contributed by atoms with Gasteiger partial charge in [-0.3, -0.25) is 9.59 Å². The number of benzene rings is 2. The molecule has 1 heterocycles. The lowest BCUT2D eigenvalue weighted by atomic mass is 9.99. The van der Waals surface area contributed by atoms with Crippen LogP contribution in [0.5, 0.6) is 0 Å². The first-order chi connectivity index (χ1) is 12.5. The number of carbonyl (C=O) groups excluding carboxylic acids is 1. The molecular weight excluding hydrogens is 334 g/mol. The maximum absolute atomic E-state index is 12.5. The lowest BCUT2D eigenvalue weighted by Crippen LogP contribution is -2.30. The maximum atomic E-state index is 12.5. The van der Waals surface area contributed by atoms with Crippen LogP contribution in [-0.2, 0) is 4.79 Å². The third-order valence-corrected chi connectivity index (χ3v) is 3.90. The number of aryl methyl sites for hydroxylation is 1. The van der Waals surface area contributed by atoms with Crippen LogP contribution >= 0.6 is 0 Å². The van der Waals surface area contributed by atoms with Crippen molar-refractivity contribution < 1.29 is 19.2 Å². The zero-order chi connectivity index (χ0) is 18.5. The summed E-state index contributed by atoms with van der Waals surface area (Å²) in [5.41, 5.74) is 2.33. The van der Waals surface area contributed by atoms with Crippen LogP contribution in [0, 0.1) is 6.92 Å². The van der Waals surface area contributed by atoms with Crippen molar-refractivity contribution in [2.45, 2.75) is 19.4 Å². The summed E-state index contributed by atoms with van der Waals surface area (Å²) in [6.45, 7) is 1.86. The number of carboxylic acid groups (broad SMARTS) is 1. The van der Waals surface area contributed by atoms with Crippen molar-refractivity contribution in [2.75, 3.05) is 0 Å². The van der Waals surface area contributed by atoms with Crippen LogP contribution in [0.4, 0.5) is 0 Å². The summed E-state index contributed by atoms with van der Waals surface area (Å²) in [6.07, 6.45) is -0.254.